The Hall–Kier alpha value is -2.23. The Bertz CT molecular complexity index is 617. The highest BCUT2D eigenvalue weighted by molar-refractivity contribution is 6.30. The molecular formula is C13H18ClN5O4. The van der Waals surface area contributed by atoms with Crippen molar-refractivity contribution in [3.05, 3.63) is 28.8 Å². The minimum Gasteiger partial charge on any atom is -0.508 e. The maximum Gasteiger partial charge on any atom is 0.270 e. The van der Waals surface area contributed by atoms with Crippen LogP contribution in [0.25, 0.3) is 0 Å². The number of rotatable bonds is 6. The minimum absolute atomic E-state index is 0.0368. The molecule has 0 spiro atoms. The third-order valence-electron chi connectivity index (χ3n) is 2.85. The summed E-state index contributed by atoms with van der Waals surface area (Å²) < 4.78 is 0. The number of nitrogens with zero attached hydrogens (tertiary/aromatic N) is 2. The van der Waals surface area contributed by atoms with Gasteiger partial charge in [-0.1, -0.05) is 16.8 Å². The number of carbonyl (C=O) groups excluding carboxylic acids is 2. The molecule has 1 unspecified atom stereocenters. The number of nitrogens with two attached hydrogens (primary N) is 1. The van der Waals surface area contributed by atoms with Gasteiger partial charge < -0.3 is 10.2 Å². The lowest BCUT2D eigenvalue weighted by Crippen LogP contribution is -2.48. The summed E-state index contributed by atoms with van der Waals surface area (Å²) >= 11 is 5.85. The van der Waals surface area contributed by atoms with E-state index in [-0.39, 0.29) is 22.8 Å². The normalized spacial score (nSPS) is 12.4. The molecule has 9 nitrogen and oxygen atoms in total. The molecule has 0 aliphatic rings. The molecule has 126 valence electrons. The fourth-order valence-electron chi connectivity index (χ4n) is 1.88. The second kappa shape index (κ2) is 7.36. The number of aromatic hydroxyl groups is 1. The van der Waals surface area contributed by atoms with Crippen LogP contribution in [0, 0.1) is 5.53 Å². The van der Waals surface area contributed by atoms with Gasteiger partial charge in [0.15, 0.2) is 6.04 Å². The molecule has 0 aliphatic carbocycles. The molecule has 0 bridgehead atoms. The van der Waals surface area contributed by atoms with E-state index in [0.717, 1.165) is 0 Å². The van der Waals surface area contributed by atoms with Crippen molar-refractivity contribution in [1.82, 2.24) is 10.4 Å². The average Bonchev–Trinajstić information content (AvgIpc) is 2.41. The van der Waals surface area contributed by atoms with E-state index in [1.54, 1.807) is 0 Å². The summed E-state index contributed by atoms with van der Waals surface area (Å²) in [5.41, 5.74) is 7.17. The van der Waals surface area contributed by atoms with Crippen molar-refractivity contribution in [2.75, 3.05) is 0 Å². The van der Waals surface area contributed by atoms with Crippen molar-refractivity contribution in [2.24, 2.45) is 11.1 Å². The van der Waals surface area contributed by atoms with Gasteiger partial charge in [0.2, 0.25) is 5.91 Å². The predicted molar refractivity (Wildman–Crippen MR) is 81.1 cm³/mol. The Morgan fingerprint density at radius 2 is 2.13 bits per heavy atom. The number of hydrogen-bond acceptors (Lipinski definition) is 7. The third-order valence-corrected chi connectivity index (χ3v) is 3.08. The Balaban J connectivity index is 3.25. The summed E-state index contributed by atoms with van der Waals surface area (Å²) in [7, 11) is 0. The number of hydrazine groups is 1. The van der Waals surface area contributed by atoms with Gasteiger partial charge >= 0.3 is 0 Å². The molecule has 1 aromatic carbocycles. The van der Waals surface area contributed by atoms with Gasteiger partial charge in [0.05, 0.1) is 12.0 Å². The summed E-state index contributed by atoms with van der Waals surface area (Å²) in [5.74, 6) is 3.73. The van der Waals surface area contributed by atoms with E-state index in [4.69, 9.17) is 23.0 Å². The first-order valence-electron chi connectivity index (χ1n) is 6.50. The Kier molecular flexibility index (Phi) is 6.02. The number of phenols is 1. The summed E-state index contributed by atoms with van der Waals surface area (Å²) in [6, 6.07) is 2.42. The smallest absolute Gasteiger partial charge is 0.270 e. The van der Waals surface area contributed by atoms with Crippen LogP contribution in [0.2, 0.25) is 5.02 Å². The summed E-state index contributed by atoms with van der Waals surface area (Å²) in [4.78, 5) is 24.3. The Labute approximate surface area is 137 Å². The average molecular weight is 344 g/mol. The van der Waals surface area contributed by atoms with Crippen molar-refractivity contribution < 1.29 is 19.8 Å². The number of benzene rings is 1. The fraction of sp³-hybridized carbons (Fsp3) is 0.385. The highest BCUT2D eigenvalue weighted by atomic mass is 35.5. The number of halogens is 1. The maximum absolute atomic E-state index is 12.1. The van der Waals surface area contributed by atoms with Crippen LogP contribution in [0.3, 0.4) is 0 Å². The van der Waals surface area contributed by atoms with E-state index in [2.05, 4.69) is 5.22 Å². The first-order chi connectivity index (χ1) is 10.6. The molecule has 1 aromatic rings. The standard InChI is InChI=1S/C13H18ClN5O4/c1-13(2,23)6-10(21)19(16)11(12(22)17-18-15)8-5-7(14)3-4-9(8)20/h3-5,11,20,23H,6,16H2,1-2H3,(H2,15,17,22). The lowest BCUT2D eigenvalue weighted by molar-refractivity contribution is -0.144. The zero-order valence-corrected chi connectivity index (χ0v) is 13.3. The minimum atomic E-state index is -1.47. The molecule has 0 fully saturated rings. The van der Waals surface area contributed by atoms with E-state index in [0.29, 0.717) is 5.01 Å². The van der Waals surface area contributed by atoms with E-state index in [9.17, 15) is 19.8 Å². The number of amides is 2. The summed E-state index contributed by atoms with van der Waals surface area (Å²) in [5, 5.41) is 23.1. The molecule has 23 heavy (non-hydrogen) atoms. The Morgan fingerprint density at radius 1 is 1.52 bits per heavy atom. The van der Waals surface area contributed by atoms with Gasteiger partial charge in [-0.2, -0.15) is 5.53 Å². The number of carbonyl (C=O) groups is 2. The van der Waals surface area contributed by atoms with Crippen molar-refractivity contribution in [1.29, 1.82) is 5.53 Å². The van der Waals surface area contributed by atoms with Gasteiger partial charge in [0.25, 0.3) is 5.91 Å². The molecule has 2 amide bonds. The number of aliphatic hydroxyl groups is 1. The number of hydrogen-bond donors (Lipinski definition) is 5. The van der Waals surface area contributed by atoms with Crippen LogP contribution >= 0.6 is 11.6 Å². The van der Waals surface area contributed by atoms with Crippen LogP contribution in [-0.2, 0) is 9.59 Å². The van der Waals surface area contributed by atoms with E-state index < -0.39 is 23.5 Å². The van der Waals surface area contributed by atoms with Gasteiger partial charge in [0, 0.05) is 10.6 Å². The van der Waals surface area contributed by atoms with Crippen molar-refractivity contribution in [3.8, 4) is 5.75 Å². The van der Waals surface area contributed by atoms with E-state index in [1.807, 2.05) is 5.43 Å². The molecule has 0 saturated heterocycles. The van der Waals surface area contributed by atoms with Gasteiger partial charge in [-0.25, -0.2) is 11.3 Å². The number of phenolic OH excluding ortho intramolecular Hbond substituents is 1. The molecule has 0 radical (unpaired) electrons. The molecular weight excluding hydrogens is 326 g/mol. The molecule has 1 rings (SSSR count). The van der Waals surface area contributed by atoms with E-state index in [1.165, 1.54) is 32.0 Å². The zero-order chi connectivity index (χ0) is 17.8. The first-order valence-corrected chi connectivity index (χ1v) is 6.88. The summed E-state index contributed by atoms with van der Waals surface area (Å²) in [6.45, 7) is 2.81. The quantitative estimate of drug-likeness (QED) is 0.226. The van der Waals surface area contributed by atoms with Crippen LogP contribution < -0.4 is 11.3 Å². The van der Waals surface area contributed by atoms with Crippen molar-refractivity contribution >= 4 is 23.4 Å². The van der Waals surface area contributed by atoms with Gasteiger partial charge in [-0.05, 0) is 32.0 Å². The molecule has 0 aliphatic heterocycles. The lowest BCUT2D eigenvalue weighted by atomic mass is 10.0. The van der Waals surface area contributed by atoms with Crippen LogP contribution in [0.1, 0.15) is 31.9 Å². The van der Waals surface area contributed by atoms with Crippen LogP contribution in [0.4, 0.5) is 0 Å². The van der Waals surface area contributed by atoms with E-state index >= 15 is 0 Å². The Morgan fingerprint density at radius 3 is 2.65 bits per heavy atom. The molecule has 0 heterocycles. The molecule has 0 aromatic heterocycles. The van der Waals surface area contributed by atoms with Gasteiger partial charge in [-0.3, -0.25) is 14.6 Å². The largest absolute Gasteiger partial charge is 0.508 e. The highest BCUT2D eigenvalue weighted by Crippen LogP contribution is 2.31. The topological polar surface area (TPSA) is 152 Å². The second-order valence-corrected chi connectivity index (χ2v) is 5.92. The highest BCUT2D eigenvalue weighted by Gasteiger charge is 2.33. The second-order valence-electron chi connectivity index (χ2n) is 5.48. The van der Waals surface area contributed by atoms with Gasteiger partial charge in [0.1, 0.15) is 5.75 Å². The van der Waals surface area contributed by atoms with Gasteiger partial charge in [-0.15, -0.1) is 0 Å². The SMILES string of the molecule is CC(C)(O)CC(=O)N(N)C(C(=O)NN=N)c1cc(Cl)ccc1O. The van der Waals surface area contributed by atoms with Crippen LogP contribution in [-0.4, -0.2) is 32.6 Å². The fourth-order valence-corrected chi connectivity index (χ4v) is 2.06. The monoisotopic (exact) mass is 343 g/mol. The lowest BCUT2D eigenvalue weighted by Gasteiger charge is -2.28. The van der Waals surface area contributed by atoms with Crippen molar-refractivity contribution in [3.63, 3.8) is 0 Å². The maximum atomic E-state index is 12.1. The summed E-state index contributed by atoms with van der Waals surface area (Å²) in [6.07, 6.45) is -0.355. The number of nitrogens with one attached hydrogen (secondary N) is 2. The predicted octanol–water partition coefficient (Wildman–Crippen LogP) is 1.01. The van der Waals surface area contributed by atoms with Crippen LogP contribution in [0.5, 0.6) is 5.75 Å². The van der Waals surface area contributed by atoms with Crippen LogP contribution in [0.15, 0.2) is 23.4 Å². The third kappa shape index (κ3) is 5.16. The van der Waals surface area contributed by atoms with Crippen molar-refractivity contribution in [2.45, 2.75) is 31.9 Å². The zero-order valence-electron chi connectivity index (χ0n) is 12.6. The molecule has 10 heteroatoms. The molecule has 1 atom stereocenters. The first kappa shape index (κ1) is 18.8. The molecule has 6 N–H and O–H groups in total. The molecule has 0 saturated carbocycles.